The molecule has 3 heterocycles. The van der Waals surface area contributed by atoms with Gasteiger partial charge in [0.2, 0.25) is 5.91 Å². The molecule has 8 heteroatoms. The molecule has 0 unspecified atom stereocenters. The van der Waals surface area contributed by atoms with E-state index in [4.69, 9.17) is 9.47 Å². The van der Waals surface area contributed by atoms with Crippen LogP contribution >= 0.6 is 11.8 Å². The minimum Gasteiger partial charge on any atom is -0.486 e. The molecular weight excluding hydrogens is 424 g/mol. The van der Waals surface area contributed by atoms with Crippen LogP contribution in [0.3, 0.4) is 0 Å². The summed E-state index contributed by atoms with van der Waals surface area (Å²) in [4.78, 5) is 24.4. The van der Waals surface area contributed by atoms with Gasteiger partial charge in [-0.15, -0.1) is 0 Å². The number of carbonyl (C=O) groups excluding carboxylic acids is 1. The number of para-hydroxylation sites is 1. The molecule has 5 rings (SSSR count). The van der Waals surface area contributed by atoms with E-state index in [2.05, 4.69) is 15.3 Å². The number of hydrogen-bond acceptors (Lipinski definition) is 7. The van der Waals surface area contributed by atoms with Crippen LogP contribution in [0.1, 0.15) is 31.4 Å². The fourth-order valence-electron chi connectivity index (χ4n) is 4.31. The van der Waals surface area contributed by atoms with Gasteiger partial charge in [0.1, 0.15) is 19.0 Å². The van der Waals surface area contributed by atoms with Crippen molar-refractivity contribution < 1.29 is 14.3 Å². The first-order valence-electron chi connectivity index (χ1n) is 11.1. The Kier molecular flexibility index (Phi) is 6.03. The van der Waals surface area contributed by atoms with E-state index in [0.29, 0.717) is 24.1 Å². The Morgan fingerprint density at radius 2 is 2.00 bits per heavy atom. The summed E-state index contributed by atoms with van der Waals surface area (Å²) in [5.74, 6) is 2.77. The largest absolute Gasteiger partial charge is 0.486 e. The van der Waals surface area contributed by atoms with Crippen molar-refractivity contribution in [3.8, 4) is 11.5 Å². The van der Waals surface area contributed by atoms with Crippen LogP contribution in [0.25, 0.3) is 10.9 Å². The number of anilines is 1. The van der Waals surface area contributed by atoms with Gasteiger partial charge in [-0.05, 0) is 49.6 Å². The zero-order valence-corrected chi connectivity index (χ0v) is 18.9. The maximum absolute atomic E-state index is 13.1. The summed E-state index contributed by atoms with van der Waals surface area (Å²) in [6.07, 6.45) is 1.94. The number of benzene rings is 2. The highest BCUT2D eigenvalue weighted by Crippen LogP contribution is 2.38. The number of carbonyl (C=O) groups is 1. The number of ether oxygens (including phenoxy) is 2. The lowest BCUT2D eigenvalue weighted by molar-refractivity contribution is -0.129. The maximum Gasteiger partial charge on any atom is 0.233 e. The molecule has 1 N–H and O–H groups in total. The summed E-state index contributed by atoms with van der Waals surface area (Å²) < 4.78 is 11.4. The Labute approximate surface area is 191 Å². The summed E-state index contributed by atoms with van der Waals surface area (Å²) in [6.45, 7) is 4.71. The fourth-order valence-corrected chi connectivity index (χ4v) is 5.05. The molecule has 0 bridgehead atoms. The predicted molar refractivity (Wildman–Crippen MR) is 126 cm³/mol. The van der Waals surface area contributed by atoms with Gasteiger partial charge in [0.05, 0.1) is 17.3 Å². The minimum absolute atomic E-state index is 0.0637. The van der Waals surface area contributed by atoms with Crippen LogP contribution in [0, 0.1) is 0 Å². The molecule has 0 radical (unpaired) electrons. The lowest BCUT2D eigenvalue weighted by atomic mass is 10.0. The molecule has 3 aromatic rings. The molecule has 32 heavy (non-hydrogen) atoms. The van der Waals surface area contributed by atoms with E-state index in [0.717, 1.165) is 59.7 Å². The van der Waals surface area contributed by atoms with Crippen molar-refractivity contribution in [3.63, 3.8) is 0 Å². The van der Waals surface area contributed by atoms with Crippen molar-refractivity contribution in [2.24, 2.45) is 0 Å². The number of hydrogen-bond donors (Lipinski definition) is 1. The van der Waals surface area contributed by atoms with Crippen molar-refractivity contribution >= 4 is 34.4 Å². The molecule has 1 aromatic heterocycles. The number of nitrogens with zero attached hydrogens (tertiary/aromatic N) is 3. The lowest BCUT2D eigenvalue weighted by Gasteiger charge is -2.26. The molecule has 1 amide bonds. The van der Waals surface area contributed by atoms with Gasteiger partial charge in [-0.25, -0.2) is 9.97 Å². The highest BCUT2D eigenvalue weighted by Gasteiger charge is 2.31. The molecule has 2 aromatic carbocycles. The van der Waals surface area contributed by atoms with Gasteiger partial charge in [-0.1, -0.05) is 30.0 Å². The van der Waals surface area contributed by atoms with E-state index in [1.807, 2.05) is 54.3 Å². The van der Waals surface area contributed by atoms with Crippen LogP contribution in [0.5, 0.6) is 11.5 Å². The second kappa shape index (κ2) is 9.24. The average Bonchev–Trinajstić information content (AvgIpc) is 3.32. The highest BCUT2D eigenvalue weighted by atomic mass is 32.2. The van der Waals surface area contributed by atoms with Crippen LogP contribution in [0.15, 0.2) is 47.6 Å². The first-order valence-corrected chi connectivity index (χ1v) is 12.0. The van der Waals surface area contributed by atoms with E-state index in [1.54, 1.807) is 0 Å². The first-order chi connectivity index (χ1) is 15.7. The third-order valence-electron chi connectivity index (χ3n) is 5.78. The van der Waals surface area contributed by atoms with E-state index in [9.17, 15) is 4.79 Å². The number of fused-ring (bicyclic) bond motifs is 2. The first kappa shape index (κ1) is 20.9. The van der Waals surface area contributed by atoms with Crippen LogP contribution in [-0.4, -0.2) is 52.8 Å². The van der Waals surface area contributed by atoms with Crippen molar-refractivity contribution in [2.75, 3.05) is 37.4 Å². The molecule has 0 spiro atoms. The SMILES string of the molecule is CCNc1nc(SCC(=O)N2CCC[C@H]2c2ccc3c(c2)OCCO3)nc2ccccc12. The van der Waals surface area contributed by atoms with Gasteiger partial charge in [0, 0.05) is 18.5 Å². The zero-order chi connectivity index (χ0) is 21.9. The zero-order valence-electron chi connectivity index (χ0n) is 18.0. The van der Waals surface area contributed by atoms with Crippen LogP contribution in [0.4, 0.5) is 5.82 Å². The number of aromatic nitrogens is 2. The third-order valence-corrected chi connectivity index (χ3v) is 6.61. The smallest absolute Gasteiger partial charge is 0.233 e. The van der Waals surface area contributed by atoms with Crippen LogP contribution in [-0.2, 0) is 4.79 Å². The van der Waals surface area contributed by atoms with Gasteiger partial charge in [0.25, 0.3) is 0 Å². The second-order valence-corrected chi connectivity index (χ2v) is 8.78. The highest BCUT2D eigenvalue weighted by molar-refractivity contribution is 7.99. The summed E-state index contributed by atoms with van der Waals surface area (Å²) >= 11 is 1.39. The Morgan fingerprint density at radius 1 is 1.16 bits per heavy atom. The summed E-state index contributed by atoms with van der Waals surface area (Å²) in [6, 6.07) is 14.0. The van der Waals surface area contributed by atoms with Gasteiger partial charge >= 0.3 is 0 Å². The number of thioether (sulfide) groups is 1. The number of amides is 1. The van der Waals surface area contributed by atoms with Crippen molar-refractivity contribution in [3.05, 3.63) is 48.0 Å². The van der Waals surface area contributed by atoms with E-state index in [1.165, 1.54) is 11.8 Å². The Balaban J connectivity index is 1.30. The number of rotatable bonds is 6. The molecule has 2 aliphatic rings. The molecule has 0 aliphatic carbocycles. The molecule has 1 atom stereocenters. The molecule has 166 valence electrons. The van der Waals surface area contributed by atoms with Gasteiger partial charge in [0.15, 0.2) is 16.7 Å². The number of nitrogens with one attached hydrogen (secondary N) is 1. The molecule has 2 aliphatic heterocycles. The standard InChI is InChI=1S/C24H26N4O3S/c1-2-25-23-17-6-3-4-7-18(17)26-24(27-23)32-15-22(29)28-11-5-8-19(28)16-9-10-20-21(14-16)31-13-12-30-20/h3-4,6-7,9-10,14,19H,2,5,8,11-13,15H2,1H3,(H,25,26,27)/t19-/m0/s1. The van der Waals surface area contributed by atoms with Crippen molar-refractivity contribution in [2.45, 2.75) is 31.0 Å². The Bertz CT molecular complexity index is 1140. The third kappa shape index (κ3) is 4.19. The summed E-state index contributed by atoms with van der Waals surface area (Å²) in [5.41, 5.74) is 1.98. The van der Waals surface area contributed by atoms with Gasteiger partial charge < -0.3 is 19.7 Å². The molecule has 1 saturated heterocycles. The molecular formula is C24H26N4O3S. The number of likely N-dealkylation sites (tertiary alicyclic amines) is 1. The van der Waals surface area contributed by atoms with E-state index < -0.39 is 0 Å². The summed E-state index contributed by atoms with van der Waals surface area (Å²) in [7, 11) is 0. The average molecular weight is 451 g/mol. The van der Waals surface area contributed by atoms with E-state index in [-0.39, 0.29) is 11.9 Å². The molecule has 7 nitrogen and oxygen atoms in total. The van der Waals surface area contributed by atoms with Crippen molar-refractivity contribution in [1.82, 2.24) is 14.9 Å². The van der Waals surface area contributed by atoms with Gasteiger partial charge in [-0.3, -0.25) is 4.79 Å². The monoisotopic (exact) mass is 450 g/mol. The summed E-state index contributed by atoms with van der Waals surface area (Å²) in [5, 5.41) is 4.91. The Morgan fingerprint density at radius 3 is 2.88 bits per heavy atom. The maximum atomic E-state index is 13.1. The quantitative estimate of drug-likeness (QED) is 0.443. The van der Waals surface area contributed by atoms with Gasteiger partial charge in [-0.2, -0.15) is 0 Å². The molecule has 1 fully saturated rings. The topological polar surface area (TPSA) is 76.6 Å². The lowest BCUT2D eigenvalue weighted by Crippen LogP contribution is -2.32. The Hall–Kier alpha value is -3.00. The second-order valence-electron chi connectivity index (χ2n) is 7.84. The van der Waals surface area contributed by atoms with Crippen LogP contribution < -0.4 is 14.8 Å². The van der Waals surface area contributed by atoms with Crippen LogP contribution in [0.2, 0.25) is 0 Å². The van der Waals surface area contributed by atoms with E-state index >= 15 is 0 Å². The minimum atomic E-state index is 0.0637. The normalized spacial score (nSPS) is 17.5. The molecule has 0 saturated carbocycles. The predicted octanol–water partition coefficient (Wildman–Crippen LogP) is 4.29. The van der Waals surface area contributed by atoms with Crippen molar-refractivity contribution in [1.29, 1.82) is 0 Å². The fraction of sp³-hybridized carbons (Fsp3) is 0.375.